The van der Waals surface area contributed by atoms with Crippen LogP contribution < -0.4 is 5.32 Å². The topological polar surface area (TPSA) is 58.6 Å². The van der Waals surface area contributed by atoms with Gasteiger partial charge >= 0.3 is 5.97 Å². The minimum atomic E-state index is -0.457. The third kappa shape index (κ3) is 2.96. The lowest BCUT2D eigenvalue weighted by Gasteiger charge is -2.24. The molecule has 0 spiro atoms. The largest absolute Gasteiger partial charge is 0.459 e. The summed E-state index contributed by atoms with van der Waals surface area (Å²) < 4.78 is 5.24. The van der Waals surface area contributed by atoms with Gasteiger partial charge in [0.1, 0.15) is 11.6 Å². The van der Waals surface area contributed by atoms with E-state index in [0.717, 1.165) is 13.0 Å². The molecule has 0 aromatic rings. The van der Waals surface area contributed by atoms with E-state index >= 15 is 0 Å². The summed E-state index contributed by atoms with van der Waals surface area (Å²) in [4.78, 5) is 11.6. The van der Waals surface area contributed by atoms with E-state index in [4.69, 9.17) is 9.84 Å². The molecule has 1 aliphatic heterocycles. The van der Waals surface area contributed by atoms with Crippen LogP contribution in [-0.2, 0) is 9.53 Å². The summed E-state index contributed by atoms with van der Waals surface area (Å²) in [6.07, 6.45) is 0.834. The smallest absolute Gasteiger partial charge is 0.324 e. The van der Waals surface area contributed by atoms with Crippen molar-refractivity contribution >= 4 is 5.97 Å². The normalized spacial score (nSPS) is 27.7. The highest BCUT2D eigenvalue weighted by Crippen LogP contribution is 2.18. The van der Waals surface area contributed by atoms with E-state index in [1.54, 1.807) is 0 Å². The molecule has 0 saturated carbocycles. The summed E-state index contributed by atoms with van der Waals surface area (Å²) in [5.41, 5.74) is -0.457. The standard InChI is InChI=1S/C10H19NO3/c1-10(2,3)14-9(13)8-7(6-12)4-5-11-8/h7-8,11-12H,4-6H2,1-3H3/t7-,8?/m0/s1. The molecule has 82 valence electrons. The lowest BCUT2D eigenvalue weighted by atomic mass is 10.0. The van der Waals surface area contributed by atoms with Gasteiger partial charge in [-0.05, 0) is 33.7 Å². The van der Waals surface area contributed by atoms with Crippen LogP contribution in [-0.4, -0.2) is 35.9 Å². The van der Waals surface area contributed by atoms with Crippen molar-refractivity contribution in [2.75, 3.05) is 13.2 Å². The second-order valence-electron chi connectivity index (χ2n) is 4.70. The number of ether oxygens (including phenoxy) is 1. The molecule has 0 amide bonds. The van der Waals surface area contributed by atoms with Crippen molar-refractivity contribution in [3.63, 3.8) is 0 Å². The van der Waals surface area contributed by atoms with Gasteiger partial charge in [-0.1, -0.05) is 0 Å². The number of aliphatic hydroxyl groups excluding tert-OH is 1. The molecule has 1 saturated heterocycles. The number of nitrogens with one attached hydrogen (secondary N) is 1. The molecular formula is C10H19NO3. The van der Waals surface area contributed by atoms with Crippen LogP contribution in [0, 0.1) is 5.92 Å². The van der Waals surface area contributed by atoms with Crippen molar-refractivity contribution in [3.05, 3.63) is 0 Å². The van der Waals surface area contributed by atoms with Crippen molar-refractivity contribution in [1.82, 2.24) is 5.32 Å². The molecule has 2 N–H and O–H groups in total. The third-order valence-corrected chi connectivity index (χ3v) is 2.25. The van der Waals surface area contributed by atoms with Crippen molar-refractivity contribution in [3.8, 4) is 0 Å². The number of carbonyl (C=O) groups excluding carboxylic acids is 1. The van der Waals surface area contributed by atoms with Crippen LogP contribution in [0.4, 0.5) is 0 Å². The van der Waals surface area contributed by atoms with Gasteiger partial charge in [-0.15, -0.1) is 0 Å². The van der Waals surface area contributed by atoms with Crippen LogP contribution in [0.2, 0.25) is 0 Å². The zero-order valence-electron chi connectivity index (χ0n) is 9.04. The van der Waals surface area contributed by atoms with Gasteiger partial charge in [-0.3, -0.25) is 4.79 Å². The van der Waals surface area contributed by atoms with Gasteiger partial charge < -0.3 is 15.2 Å². The van der Waals surface area contributed by atoms with Crippen molar-refractivity contribution in [2.45, 2.75) is 38.8 Å². The minimum Gasteiger partial charge on any atom is -0.459 e. The van der Waals surface area contributed by atoms with Gasteiger partial charge in [0.25, 0.3) is 0 Å². The van der Waals surface area contributed by atoms with Crippen LogP contribution in [0.25, 0.3) is 0 Å². The molecule has 0 bridgehead atoms. The maximum absolute atomic E-state index is 11.6. The Morgan fingerprint density at radius 1 is 1.57 bits per heavy atom. The molecule has 0 aromatic carbocycles. The maximum Gasteiger partial charge on any atom is 0.324 e. The molecule has 0 radical (unpaired) electrons. The Bertz CT molecular complexity index is 210. The fraction of sp³-hybridized carbons (Fsp3) is 0.900. The average Bonchev–Trinajstić information content (AvgIpc) is 2.47. The van der Waals surface area contributed by atoms with Crippen LogP contribution in [0.1, 0.15) is 27.2 Å². The second-order valence-corrected chi connectivity index (χ2v) is 4.70. The monoisotopic (exact) mass is 201 g/mol. The molecule has 0 aromatic heterocycles. The molecule has 1 fully saturated rings. The SMILES string of the molecule is CC(C)(C)OC(=O)C1NCC[C@H]1CO. The van der Waals surface area contributed by atoms with E-state index in [1.165, 1.54) is 0 Å². The molecule has 1 aliphatic rings. The van der Waals surface area contributed by atoms with Crippen LogP contribution in [0.3, 0.4) is 0 Å². The van der Waals surface area contributed by atoms with Crippen LogP contribution >= 0.6 is 0 Å². The summed E-state index contributed by atoms with van der Waals surface area (Å²) >= 11 is 0. The van der Waals surface area contributed by atoms with Gasteiger partial charge in [0.05, 0.1) is 0 Å². The Balaban J connectivity index is 2.52. The number of carbonyl (C=O) groups is 1. The molecule has 0 aliphatic carbocycles. The van der Waals surface area contributed by atoms with Gasteiger partial charge in [-0.25, -0.2) is 0 Å². The van der Waals surface area contributed by atoms with Gasteiger partial charge in [0.15, 0.2) is 0 Å². The maximum atomic E-state index is 11.6. The van der Waals surface area contributed by atoms with E-state index < -0.39 is 5.60 Å². The summed E-state index contributed by atoms with van der Waals surface area (Å²) in [7, 11) is 0. The average molecular weight is 201 g/mol. The summed E-state index contributed by atoms with van der Waals surface area (Å²) in [5, 5.41) is 12.1. The number of aliphatic hydroxyl groups is 1. The molecule has 1 heterocycles. The lowest BCUT2D eigenvalue weighted by Crippen LogP contribution is -2.41. The van der Waals surface area contributed by atoms with E-state index in [2.05, 4.69) is 5.32 Å². The minimum absolute atomic E-state index is 0.00449. The first-order valence-corrected chi connectivity index (χ1v) is 5.01. The van der Waals surface area contributed by atoms with E-state index in [0.29, 0.717) is 0 Å². The quantitative estimate of drug-likeness (QED) is 0.631. The molecule has 14 heavy (non-hydrogen) atoms. The zero-order valence-corrected chi connectivity index (χ0v) is 9.04. The van der Waals surface area contributed by atoms with Crippen molar-refractivity contribution < 1.29 is 14.6 Å². The zero-order chi connectivity index (χ0) is 10.8. The van der Waals surface area contributed by atoms with Crippen molar-refractivity contribution in [2.24, 2.45) is 5.92 Å². The van der Waals surface area contributed by atoms with Crippen molar-refractivity contribution in [1.29, 1.82) is 0 Å². The summed E-state index contributed by atoms with van der Waals surface area (Å²) in [6, 6.07) is -0.334. The highest BCUT2D eigenvalue weighted by molar-refractivity contribution is 5.77. The van der Waals surface area contributed by atoms with Gasteiger partial charge in [-0.2, -0.15) is 0 Å². The lowest BCUT2D eigenvalue weighted by molar-refractivity contribution is -0.158. The van der Waals surface area contributed by atoms with Gasteiger partial charge in [0.2, 0.25) is 0 Å². The molecule has 4 heteroatoms. The Hall–Kier alpha value is -0.610. The van der Waals surface area contributed by atoms with E-state index in [-0.39, 0.29) is 24.5 Å². The predicted molar refractivity (Wildman–Crippen MR) is 52.8 cm³/mol. The molecular weight excluding hydrogens is 182 g/mol. The third-order valence-electron chi connectivity index (χ3n) is 2.25. The molecule has 1 unspecified atom stereocenters. The van der Waals surface area contributed by atoms with Crippen LogP contribution in [0.15, 0.2) is 0 Å². The summed E-state index contributed by atoms with van der Waals surface area (Å²) in [6.45, 7) is 6.33. The fourth-order valence-corrected chi connectivity index (χ4v) is 1.60. The molecule has 4 nitrogen and oxygen atoms in total. The first-order chi connectivity index (χ1) is 6.44. The highest BCUT2D eigenvalue weighted by atomic mass is 16.6. The highest BCUT2D eigenvalue weighted by Gasteiger charge is 2.35. The van der Waals surface area contributed by atoms with E-state index in [1.807, 2.05) is 20.8 Å². The number of rotatable bonds is 2. The Morgan fingerprint density at radius 3 is 2.71 bits per heavy atom. The fourth-order valence-electron chi connectivity index (χ4n) is 1.60. The first kappa shape index (κ1) is 11.5. The number of esters is 1. The second kappa shape index (κ2) is 4.28. The van der Waals surface area contributed by atoms with E-state index in [9.17, 15) is 4.79 Å². The molecule has 2 atom stereocenters. The predicted octanol–water partition coefficient (Wildman–Crippen LogP) is 0.299. The number of hydrogen-bond acceptors (Lipinski definition) is 4. The first-order valence-electron chi connectivity index (χ1n) is 5.01. The Kier molecular flexibility index (Phi) is 3.50. The summed E-state index contributed by atoms with van der Waals surface area (Å²) in [5.74, 6) is -0.251. The number of hydrogen-bond donors (Lipinski definition) is 2. The molecule has 1 rings (SSSR count). The van der Waals surface area contributed by atoms with Crippen LogP contribution in [0.5, 0.6) is 0 Å². The Labute approximate surface area is 84.6 Å². The Morgan fingerprint density at radius 2 is 2.21 bits per heavy atom. The van der Waals surface area contributed by atoms with Gasteiger partial charge in [0, 0.05) is 12.5 Å².